The molecule has 3 aromatic rings. The number of carbonyl (C=O) groups is 1. The topological polar surface area (TPSA) is 31.2 Å². The van der Waals surface area contributed by atoms with Gasteiger partial charge < -0.3 is 9.30 Å². The largest absolute Gasteiger partial charge is 0.462 e. The zero-order valence-corrected chi connectivity index (χ0v) is 16.3. The van der Waals surface area contributed by atoms with Crippen molar-refractivity contribution in [3.63, 3.8) is 0 Å². The summed E-state index contributed by atoms with van der Waals surface area (Å²) in [5.74, 6) is -0.319. The standard InChI is InChI=1S/C20H17BrClNO2/c1-3-25-20(24)19-13(2)23(17-10-6-15(21)7-11-17)12-18(19)14-4-8-16(22)9-5-14/h4-12H,3H2,1-2H3. The molecule has 0 saturated carbocycles. The highest BCUT2D eigenvalue weighted by Gasteiger charge is 2.22. The van der Waals surface area contributed by atoms with Gasteiger partial charge in [-0.1, -0.05) is 39.7 Å². The molecule has 0 aliphatic rings. The van der Waals surface area contributed by atoms with Crippen LogP contribution in [0.3, 0.4) is 0 Å². The molecule has 0 spiro atoms. The molecule has 1 heterocycles. The van der Waals surface area contributed by atoms with Crippen molar-refractivity contribution in [2.45, 2.75) is 13.8 Å². The number of esters is 1. The average Bonchev–Trinajstić information content (AvgIpc) is 2.94. The lowest BCUT2D eigenvalue weighted by atomic mass is 10.0. The number of hydrogen-bond donors (Lipinski definition) is 0. The molecule has 2 aromatic carbocycles. The zero-order valence-electron chi connectivity index (χ0n) is 13.9. The first-order valence-electron chi connectivity index (χ1n) is 7.92. The summed E-state index contributed by atoms with van der Waals surface area (Å²) < 4.78 is 8.28. The van der Waals surface area contributed by atoms with Gasteiger partial charge in [0.15, 0.2) is 0 Å². The third kappa shape index (κ3) is 3.65. The molecule has 128 valence electrons. The van der Waals surface area contributed by atoms with E-state index in [4.69, 9.17) is 16.3 Å². The number of benzene rings is 2. The number of carbonyl (C=O) groups excluding carboxylic acids is 1. The number of nitrogens with zero attached hydrogens (tertiary/aromatic N) is 1. The third-order valence-corrected chi connectivity index (χ3v) is 4.77. The Morgan fingerprint density at radius 3 is 2.36 bits per heavy atom. The quantitative estimate of drug-likeness (QED) is 0.483. The molecule has 0 radical (unpaired) electrons. The molecule has 0 unspecified atom stereocenters. The van der Waals surface area contributed by atoms with Gasteiger partial charge in [-0.15, -0.1) is 0 Å². The summed E-state index contributed by atoms with van der Waals surface area (Å²) in [4.78, 5) is 12.6. The fourth-order valence-corrected chi connectivity index (χ4v) is 3.18. The van der Waals surface area contributed by atoms with Crippen LogP contribution in [0.25, 0.3) is 16.8 Å². The van der Waals surface area contributed by atoms with E-state index in [9.17, 15) is 4.79 Å². The fraction of sp³-hybridized carbons (Fsp3) is 0.150. The molecule has 0 aliphatic carbocycles. The summed E-state index contributed by atoms with van der Waals surface area (Å²) in [5, 5.41) is 0.658. The lowest BCUT2D eigenvalue weighted by molar-refractivity contribution is 0.0526. The van der Waals surface area contributed by atoms with Gasteiger partial charge in [-0.3, -0.25) is 0 Å². The maximum Gasteiger partial charge on any atom is 0.340 e. The molecule has 0 saturated heterocycles. The summed E-state index contributed by atoms with van der Waals surface area (Å²) in [7, 11) is 0. The van der Waals surface area contributed by atoms with E-state index >= 15 is 0 Å². The highest BCUT2D eigenvalue weighted by Crippen LogP contribution is 2.32. The van der Waals surface area contributed by atoms with Gasteiger partial charge in [-0.2, -0.15) is 0 Å². The number of hydrogen-bond acceptors (Lipinski definition) is 2. The number of rotatable bonds is 4. The number of aromatic nitrogens is 1. The molecule has 5 heteroatoms. The van der Waals surface area contributed by atoms with Crippen molar-refractivity contribution in [3.05, 3.63) is 75.5 Å². The summed E-state index contributed by atoms with van der Waals surface area (Å²) in [5.41, 5.74) is 4.14. The van der Waals surface area contributed by atoms with Crippen molar-refractivity contribution in [3.8, 4) is 16.8 Å². The Labute approximate surface area is 160 Å². The molecule has 3 nitrogen and oxygen atoms in total. The van der Waals surface area contributed by atoms with E-state index in [0.717, 1.165) is 27.0 Å². The maximum atomic E-state index is 12.6. The Kier molecular flexibility index (Phi) is 5.30. The monoisotopic (exact) mass is 417 g/mol. The minimum atomic E-state index is -0.319. The van der Waals surface area contributed by atoms with Crippen LogP contribution in [0, 0.1) is 6.92 Å². The predicted molar refractivity (Wildman–Crippen MR) is 105 cm³/mol. The van der Waals surface area contributed by atoms with Gasteiger partial charge in [0.2, 0.25) is 0 Å². The van der Waals surface area contributed by atoms with Crippen molar-refractivity contribution in [1.29, 1.82) is 0 Å². The molecular weight excluding hydrogens is 402 g/mol. The zero-order chi connectivity index (χ0) is 18.0. The van der Waals surface area contributed by atoms with Crippen molar-refractivity contribution in [2.24, 2.45) is 0 Å². The summed E-state index contributed by atoms with van der Waals surface area (Å²) in [6.45, 7) is 4.07. The minimum absolute atomic E-state index is 0.319. The molecule has 0 N–H and O–H groups in total. The second-order valence-corrected chi connectivity index (χ2v) is 6.93. The van der Waals surface area contributed by atoms with Crippen molar-refractivity contribution in [2.75, 3.05) is 6.61 Å². The Morgan fingerprint density at radius 2 is 1.76 bits per heavy atom. The van der Waals surface area contributed by atoms with Crippen LogP contribution in [0.2, 0.25) is 5.02 Å². The van der Waals surface area contributed by atoms with Gasteiger partial charge in [0, 0.05) is 32.6 Å². The first kappa shape index (κ1) is 17.8. The predicted octanol–water partition coefficient (Wildman–Crippen LogP) is 6.05. The van der Waals surface area contributed by atoms with E-state index in [-0.39, 0.29) is 5.97 Å². The fourth-order valence-electron chi connectivity index (χ4n) is 2.78. The van der Waals surface area contributed by atoms with Crippen molar-refractivity contribution < 1.29 is 9.53 Å². The highest BCUT2D eigenvalue weighted by atomic mass is 79.9. The Morgan fingerprint density at radius 1 is 1.12 bits per heavy atom. The molecule has 3 rings (SSSR count). The van der Waals surface area contributed by atoms with Crippen molar-refractivity contribution >= 4 is 33.5 Å². The summed E-state index contributed by atoms with van der Waals surface area (Å²) >= 11 is 9.44. The molecule has 0 atom stereocenters. The van der Waals surface area contributed by atoms with Crippen LogP contribution in [0.5, 0.6) is 0 Å². The molecular formula is C20H17BrClNO2. The van der Waals surface area contributed by atoms with Gasteiger partial charge in [0.1, 0.15) is 0 Å². The van der Waals surface area contributed by atoms with Gasteiger partial charge in [-0.05, 0) is 55.8 Å². The minimum Gasteiger partial charge on any atom is -0.462 e. The second kappa shape index (κ2) is 7.46. The van der Waals surface area contributed by atoms with Crippen LogP contribution < -0.4 is 0 Å². The van der Waals surface area contributed by atoms with Crippen LogP contribution >= 0.6 is 27.5 Å². The first-order chi connectivity index (χ1) is 12.0. The third-order valence-electron chi connectivity index (χ3n) is 3.99. The van der Waals surface area contributed by atoms with E-state index in [1.54, 1.807) is 6.92 Å². The number of ether oxygens (including phenoxy) is 1. The van der Waals surface area contributed by atoms with Crippen LogP contribution in [-0.2, 0) is 4.74 Å². The molecule has 0 amide bonds. The van der Waals surface area contributed by atoms with Gasteiger partial charge in [0.25, 0.3) is 0 Å². The van der Waals surface area contributed by atoms with Gasteiger partial charge >= 0.3 is 5.97 Å². The lowest BCUT2D eigenvalue weighted by Crippen LogP contribution is -2.07. The van der Waals surface area contributed by atoms with E-state index < -0.39 is 0 Å². The van der Waals surface area contributed by atoms with E-state index in [0.29, 0.717) is 17.2 Å². The first-order valence-corrected chi connectivity index (χ1v) is 9.09. The highest BCUT2D eigenvalue weighted by molar-refractivity contribution is 9.10. The average molecular weight is 419 g/mol. The number of halogens is 2. The van der Waals surface area contributed by atoms with Crippen LogP contribution in [0.4, 0.5) is 0 Å². The van der Waals surface area contributed by atoms with Crippen LogP contribution in [-0.4, -0.2) is 17.1 Å². The molecule has 1 aromatic heterocycles. The normalized spacial score (nSPS) is 10.7. The Hall–Kier alpha value is -2.04. The molecule has 25 heavy (non-hydrogen) atoms. The smallest absolute Gasteiger partial charge is 0.340 e. The lowest BCUT2D eigenvalue weighted by Gasteiger charge is -2.07. The van der Waals surface area contributed by atoms with Gasteiger partial charge in [-0.25, -0.2) is 4.79 Å². The Balaban J connectivity index is 2.18. The van der Waals surface area contributed by atoms with Gasteiger partial charge in [0.05, 0.1) is 12.2 Å². The van der Waals surface area contributed by atoms with Crippen LogP contribution in [0.15, 0.2) is 59.2 Å². The Bertz CT molecular complexity index is 899. The summed E-state index contributed by atoms with van der Waals surface area (Å²) in [6.07, 6.45) is 1.97. The SMILES string of the molecule is CCOC(=O)c1c(-c2ccc(Cl)cc2)cn(-c2ccc(Br)cc2)c1C. The molecule has 0 bridgehead atoms. The molecule has 0 fully saturated rings. The van der Waals surface area contributed by atoms with E-state index in [2.05, 4.69) is 15.9 Å². The van der Waals surface area contributed by atoms with Crippen LogP contribution in [0.1, 0.15) is 23.0 Å². The van der Waals surface area contributed by atoms with E-state index in [1.165, 1.54) is 0 Å². The van der Waals surface area contributed by atoms with E-state index in [1.807, 2.05) is 66.2 Å². The summed E-state index contributed by atoms with van der Waals surface area (Å²) in [6, 6.07) is 15.4. The maximum absolute atomic E-state index is 12.6. The van der Waals surface area contributed by atoms with Crippen molar-refractivity contribution in [1.82, 2.24) is 4.57 Å². The molecule has 0 aliphatic heterocycles. The second-order valence-electron chi connectivity index (χ2n) is 5.58.